The maximum Gasteiger partial charge on any atom is 0.344 e. The van der Waals surface area contributed by atoms with E-state index >= 15 is 0 Å². The number of nitrogens with two attached hydrogens (primary N) is 1. The number of nitrogens with one attached hydrogen (secondary N) is 2. The third kappa shape index (κ3) is 4.77. The van der Waals surface area contributed by atoms with Crippen LogP contribution in [-0.2, 0) is 16.1 Å². The lowest BCUT2D eigenvalue weighted by Crippen LogP contribution is -2.27. The molecular formula is C17H21N5O4S. The second-order valence-corrected chi connectivity index (χ2v) is 7.56. The van der Waals surface area contributed by atoms with E-state index in [0.29, 0.717) is 29.6 Å². The van der Waals surface area contributed by atoms with Gasteiger partial charge in [-0.3, -0.25) is 14.2 Å². The van der Waals surface area contributed by atoms with Crippen molar-refractivity contribution in [2.24, 2.45) is 5.73 Å². The molecule has 2 atom stereocenters. The molecular weight excluding hydrogens is 370 g/mol. The van der Waals surface area contributed by atoms with Gasteiger partial charge in [0.2, 0.25) is 11.8 Å². The Labute approximate surface area is 159 Å². The summed E-state index contributed by atoms with van der Waals surface area (Å²) in [5.74, 6) is -0.773. The molecule has 0 saturated carbocycles. The lowest BCUT2D eigenvalue weighted by molar-refractivity contribution is -0.115. The second-order valence-electron chi connectivity index (χ2n) is 6.25. The third-order valence-corrected chi connectivity index (χ3v) is 5.31. The van der Waals surface area contributed by atoms with Crippen LogP contribution in [-0.4, -0.2) is 44.5 Å². The van der Waals surface area contributed by atoms with Gasteiger partial charge in [0.15, 0.2) is 5.16 Å². The Bertz CT molecular complexity index is 870. The van der Waals surface area contributed by atoms with Gasteiger partial charge in [-0.1, -0.05) is 11.8 Å². The van der Waals surface area contributed by atoms with E-state index in [9.17, 15) is 14.4 Å². The van der Waals surface area contributed by atoms with Gasteiger partial charge >= 0.3 is 5.69 Å². The lowest BCUT2D eigenvalue weighted by atomic mass is 10.2. The third-order valence-electron chi connectivity index (χ3n) is 4.22. The Kier molecular flexibility index (Phi) is 5.97. The molecule has 1 fully saturated rings. The van der Waals surface area contributed by atoms with Crippen molar-refractivity contribution in [2.75, 3.05) is 11.9 Å². The zero-order valence-electron chi connectivity index (χ0n) is 14.8. The number of benzene rings is 1. The number of aromatic nitrogens is 3. The molecule has 4 N–H and O–H groups in total. The monoisotopic (exact) mass is 391 g/mol. The highest BCUT2D eigenvalue weighted by Crippen LogP contribution is 2.23. The van der Waals surface area contributed by atoms with E-state index in [4.69, 9.17) is 10.5 Å². The fourth-order valence-electron chi connectivity index (χ4n) is 2.72. The molecule has 1 saturated heterocycles. The molecule has 1 aromatic carbocycles. The van der Waals surface area contributed by atoms with E-state index in [2.05, 4.69) is 15.5 Å². The van der Waals surface area contributed by atoms with Crippen LogP contribution in [0.5, 0.6) is 0 Å². The highest BCUT2D eigenvalue weighted by Gasteiger charge is 2.23. The maximum absolute atomic E-state index is 12.4. The predicted octanol–water partition coefficient (Wildman–Crippen LogP) is 0.969. The Morgan fingerprint density at radius 3 is 2.81 bits per heavy atom. The van der Waals surface area contributed by atoms with Crippen LogP contribution in [0, 0.1) is 0 Å². The number of anilines is 1. The van der Waals surface area contributed by atoms with Crippen molar-refractivity contribution in [3.8, 4) is 0 Å². The molecule has 2 aromatic rings. The molecule has 0 bridgehead atoms. The van der Waals surface area contributed by atoms with Crippen molar-refractivity contribution in [2.45, 2.75) is 42.8 Å². The summed E-state index contributed by atoms with van der Waals surface area (Å²) in [5, 5.41) is 9.17. The average Bonchev–Trinajstić information content (AvgIpc) is 3.27. The summed E-state index contributed by atoms with van der Waals surface area (Å²) in [4.78, 5) is 35.5. The van der Waals surface area contributed by atoms with Crippen LogP contribution in [0.4, 0.5) is 5.69 Å². The SMILES string of the molecule is C[C@@H](Sc1n[nH]c(=O)n1C[C@@H]1CCCO1)C(=O)Nc1ccc(C(N)=O)cc1. The van der Waals surface area contributed by atoms with E-state index in [1.54, 1.807) is 31.2 Å². The van der Waals surface area contributed by atoms with Crippen molar-refractivity contribution >= 4 is 29.3 Å². The number of primary amides is 1. The molecule has 10 heteroatoms. The van der Waals surface area contributed by atoms with E-state index in [-0.39, 0.29) is 17.7 Å². The number of hydrogen-bond acceptors (Lipinski definition) is 6. The smallest absolute Gasteiger partial charge is 0.344 e. The Morgan fingerprint density at radius 1 is 1.44 bits per heavy atom. The van der Waals surface area contributed by atoms with Crippen molar-refractivity contribution in [1.29, 1.82) is 0 Å². The first-order valence-corrected chi connectivity index (χ1v) is 9.46. The summed E-state index contributed by atoms with van der Waals surface area (Å²) in [5.41, 5.74) is 5.80. The van der Waals surface area contributed by atoms with Crippen molar-refractivity contribution in [3.05, 3.63) is 40.3 Å². The van der Waals surface area contributed by atoms with Crippen molar-refractivity contribution in [3.63, 3.8) is 0 Å². The maximum atomic E-state index is 12.4. The van der Waals surface area contributed by atoms with E-state index in [0.717, 1.165) is 12.8 Å². The van der Waals surface area contributed by atoms with E-state index in [1.165, 1.54) is 16.3 Å². The number of ether oxygens (including phenoxy) is 1. The molecule has 0 unspecified atom stereocenters. The highest BCUT2D eigenvalue weighted by atomic mass is 32.2. The number of H-pyrrole nitrogens is 1. The fraction of sp³-hybridized carbons (Fsp3) is 0.412. The highest BCUT2D eigenvalue weighted by molar-refractivity contribution is 8.00. The largest absolute Gasteiger partial charge is 0.376 e. The Morgan fingerprint density at radius 2 is 2.19 bits per heavy atom. The number of aromatic amines is 1. The van der Waals surface area contributed by atoms with E-state index in [1.807, 2.05) is 0 Å². The van der Waals surface area contributed by atoms with Gasteiger partial charge in [-0.25, -0.2) is 9.89 Å². The van der Waals surface area contributed by atoms with Gasteiger partial charge in [0, 0.05) is 17.9 Å². The lowest BCUT2D eigenvalue weighted by Gasteiger charge is -2.14. The van der Waals surface area contributed by atoms with Crippen LogP contribution in [0.25, 0.3) is 0 Å². The summed E-state index contributed by atoms with van der Waals surface area (Å²) in [6, 6.07) is 6.31. The average molecular weight is 391 g/mol. The summed E-state index contributed by atoms with van der Waals surface area (Å²) in [6.45, 7) is 2.85. The fourth-order valence-corrected chi connectivity index (χ4v) is 3.58. The Hall–Kier alpha value is -2.59. The van der Waals surface area contributed by atoms with Crippen LogP contribution in [0.2, 0.25) is 0 Å². The number of hydrogen-bond donors (Lipinski definition) is 3. The zero-order valence-corrected chi connectivity index (χ0v) is 15.6. The van der Waals surface area contributed by atoms with Gasteiger partial charge in [-0.15, -0.1) is 5.10 Å². The first-order chi connectivity index (χ1) is 12.9. The van der Waals surface area contributed by atoms with Gasteiger partial charge in [0.05, 0.1) is 17.9 Å². The molecule has 1 aliphatic heterocycles. The summed E-state index contributed by atoms with van der Waals surface area (Å²) < 4.78 is 7.08. The minimum atomic E-state index is -0.528. The quantitative estimate of drug-likeness (QED) is 0.603. The van der Waals surface area contributed by atoms with Crippen LogP contribution >= 0.6 is 11.8 Å². The minimum absolute atomic E-state index is 0.00690. The normalized spacial score (nSPS) is 17.6. The van der Waals surface area contributed by atoms with Gasteiger partial charge in [0.1, 0.15) is 0 Å². The van der Waals surface area contributed by atoms with E-state index < -0.39 is 11.2 Å². The summed E-state index contributed by atoms with van der Waals surface area (Å²) >= 11 is 1.19. The standard InChI is InChI=1S/C17H21N5O4S/c1-10(15(24)19-12-6-4-11(5-7-12)14(18)23)27-17-21-20-16(25)22(17)9-13-3-2-8-26-13/h4-7,10,13H,2-3,8-9H2,1H3,(H2,18,23)(H,19,24)(H,20,25)/t10-,13+/m1/s1. The number of amides is 2. The molecule has 0 spiro atoms. The van der Waals surface area contributed by atoms with Gasteiger partial charge in [-0.05, 0) is 44.0 Å². The van der Waals surface area contributed by atoms with Crippen LogP contribution in [0.3, 0.4) is 0 Å². The number of thioether (sulfide) groups is 1. The number of nitrogens with zero attached hydrogens (tertiary/aromatic N) is 2. The first kappa shape index (κ1) is 19.2. The molecule has 144 valence electrons. The van der Waals surface area contributed by atoms with Crippen molar-refractivity contribution in [1.82, 2.24) is 14.8 Å². The first-order valence-electron chi connectivity index (χ1n) is 8.58. The molecule has 1 aliphatic rings. The van der Waals surface area contributed by atoms with Crippen molar-refractivity contribution < 1.29 is 14.3 Å². The number of carbonyl (C=O) groups excluding carboxylic acids is 2. The van der Waals surface area contributed by atoms with Gasteiger partial charge in [-0.2, -0.15) is 0 Å². The number of carbonyl (C=O) groups is 2. The summed E-state index contributed by atoms with van der Waals surface area (Å²) in [6.07, 6.45) is 1.87. The van der Waals surface area contributed by atoms with Crippen LogP contribution in [0.1, 0.15) is 30.1 Å². The topological polar surface area (TPSA) is 132 Å². The van der Waals surface area contributed by atoms with Gasteiger partial charge in [0.25, 0.3) is 0 Å². The zero-order chi connectivity index (χ0) is 19.4. The molecule has 1 aromatic heterocycles. The molecule has 0 radical (unpaired) electrons. The molecule has 2 heterocycles. The van der Waals surface area contributed by atoms with Crippen LogP contribution < -0.4 is 16.7 Å². The van der Waals surface area contributed by atoms with Crippen LogP contribution in [0.15, 0.2) is 34.2 Å². The predicted molar refractivity (Wildman–Crippen MR) is 101 cm³/mol. The molecule has 3 rings (SSSR count). The molecule has 2 amide bonds. The van der Waals surface area contributed by atoms with Gasteiger partial charge < -0.3 is 15.8 Å². The molecule has 0 aliphatic carbocycles. The summed E-state index contributed by atoms with van der Waals surface area (Å²) in [7, 11) is 0. The Balaban J connectivity index is 1.62. The second kappa shape index (κ2) is 8.40. The minimum Gasteiger partial charge on any atom is -0.376 e. The molecule has 27 heavy (non-hydrogen) atoms. The number of rotatable bonds is 7. The molecule has 9 nitrogen and oxygen atoms in total.